The number of unbranched alkanes of at least 4 members (excludes halogenated alkanes) is 1. The van der Waals surface area contributed by atoms with Gasteiger partial charge in [-0.15, -0.1) is 0 Å². The minimum Gasteiger partial charge on any atom is -0.0654 e. The Kier molecular flexibility index (Phi) is 5.19. The average Bonchev–Trinajstić information content (AvgIpc) is 2.38. The molecule has 2 unspecified atom stereocenters. The molecule has 0 aromatic carbocycles. The van der Waals surface area contributed by atoms with E-state index in [1.54, 1.807) is 25.7 Å². The highest BCUT2D eigenvalue weighted by atomic mass is 14.4. The molecule has 0 aromatic heterocycles. The maximum atomic E-state index is 2.35. The smallest absolute Gasteiger partial charge is 0.0357 e. The van der Waals surface area contributed by atoms with E-state index < -0.39 is 0 Å². The van der Waals surface area contributed by atoms with Crippen molar-refractivity contribution in [1.82, 2.24) is 0 Å². The van der Waals surface area contributed by atoms with Crippen molar-refractivity contribution in [3.05, 3.63) is 0 Å². The second-order valence-electron chi connectivity index (χ2n) is 6.25. The molecular formula is C16H30. The van der Waals surface area contributed by atoms with Gasteiger partial charge in [0.2, 0.25) is 0 Å². The first kappa shape index (κ1) is 12.5. The largest absolute Gasteiger partial charge is 0.0654 e. The van der Waals surface area contributed by atoms with E-state index in [0.29, 0.717) is 0 Å². The van der Waals surface area contributed by atoms with Crippen molar-refractivity contribution in [2.24, 2.45) is 17.8 Å². The van der Waals surface area contributed by atoms with E-state index in [2.05, 4.69) is 6.92 Å². The zero-order valence-electron chi connectivity index (χ0n) is 11.2. The van der Waals surface area contributed by atoms with Gasteiger partial charge in [0.1, 0.15) is 0 Å². The molecule has 2 rings (SSSR count). The van der Waals surface area contributed by atoms with Crippen LogP contribution in [0.4, 0.5) is 0 Å². The third-order valence-corrected chi connectivity index (χ3v) is 5.15. The third-order valence-electron chi connectivity index (χ3n) is 5.15. The number of hydrogen-bond donors (Lipinski definition) is 0. The molecule has 2 aliphatic rings. The molecular weight excluding hydrogens is 192 g/mol. The van der Waals surface area contributed by atoms with E-state index in [9.17, 15) is 0 Å². The minimum absolute atomic E-state index is 1.11. The topological polar surface area (TPSA) is 0 Å². The number of hydrogen-bond acceptors (Lipinski definition) is 0. The van der Waals surface area contributed by atoms with Crippen LogP contribution in [0.2, 0.25) is 0 Å². The van der Waals surface area contributed by atoms with Crippen LogP contribution in [0.1, 0.15) is 84.0 Å². The molecule has 0 saturated heterocycles. The Morgan fingerprint density at radius 1 is 0.812 bits per heavy atom. The van der Waals surface area contributed by atoms with Crippen LogP contribution in [0.3, 0.4) is 0 Å². The molecule has 2 aliphatic carbocycles. The molecule has 0 bridgehead atoms. The summed E-state index contributed by atoms with van der Waals surface area (Å²) < 4.78 is 0. The Labute approximate surface area is 102 Å². The van der Waals surface area contributed by atoms with E-state index in [0.717, 1.165) is 17.8 Å². The molecule has 0 spiro atoms. The van der Waals surface area contributed by atoms with Gasteiger partial charge >= 0.3 is 0 Å². The van der Waals surface area contributed by atoms with Crippen molar-refractivity contribution in [2.75, 3.05) is 0 Å². The van der Waals surface area contributed by atoms with Gasteiger partial charge in [0.25, 0.3) is 0 Å². The van der Waals surface area contributed by atoms with Crippen LogP contribution >= 0.6 is 0 Å². The molecule has 0 aliphatic heterocycles. The van der Waals surface area contributed by atoms with Crippen LogP contribution in [-0.2, 0) is 0 Å². The molecule has 0 heterocycles. The van der Waals surface area contributed by atoms with Crippen LogP contribution in [-0.4, -0.2) is 0 Å². The Morgan fingerprint density at radius 3 is 2.25 bits per heavy atom. The maximum absolute atomic E-state index is 2.35. The summed E-state index contributed by atoms with van der Waals surface area (Å²) in [7, 11) is 0. The second-order valence-corrected chi connectivity index (χ2v) is 6.25. The SMILES string of the molecule is CCCCC1CCCCC1C1CCCCC1. The fourth-order valence-electron chi connectivity index (χ4n) is 4.24. The van der Waals surface area contributed by atoms with Gasteiger partial charge in [-0.05, 0) is 24.2 Å². The predicted molar refractivity (Wildman–Crippen MR) is 71.5 cm³/mol. The summed E-state index contributed by atoms with van der Waals surface area (Å²) in [4.78, 5) is 0. The summed E-state index contributed by atoms with van der Waals surface area (Å²) in [6.45, 7) is 2.35. The molecule has 16 heavy (non-hydrogen) atoms. The summed E-state index contributed by atoms with van der Waals surface area (Å²) in [6.07, 6.45) is 18.3. The molecule has 0 aromatic rings. The lowest BCUT2D eigenvalue weighted by atomic mass is 9.67. The first-order chi connectivity index (χ1) is 7.92. The zero-order chi connectivity index (χ0) is 11.2. The van der Waals surface area contributed by atoms with Gasteiger partial charge < -0.3 is 0 Å². The maximum Gasteiger partial charge on any atom is -0.0357 e. The lowest BCUT2D eigenvalue weighted by Crippen LogP contribution is -2.28. The van der Waals surface area contributed by atoms with Crippen LogP contribution < -0.4 is 0 Å². The summed E-state index contributed by atoms with van der Waals surface area (Å²) >= 11 is 0. The van der Waals surface area contributed by atoms with Crippen LogP contribution in [0.25, 0.3) is 0 Å². The highest BCUT2D eigenvalue weighted by Gasteiger charge is 2.31. The highest BCUT2D eigenvalue weighted by Crippen LogP contribution is 2.43. The summed E-state index contributed by atoms with van der Waals surface area (Å²) in [5.74, 6) is 3.35. The summed E-state index contributed by atoms with van der Waals surface area (Å²) in [6, 6.07) is 0. The van der Waals surface area contributed by atoms with Gasteiger partial charge in [-0.3, -0.25) is 0 Å². The van der Waals surface area contributed by atoms with Gasteiger partial charge in [-0.25, -0.2) is 0 Å². The molecule has 0 N–H and O–H groups in total. The quantitative estimate of drug-likeness (QED) is 0.584. The molecule has 2 saturated carbocycles. The lowest BCUT2D eigenvalue weighted by molar-refractivity contribution is 0.120. The van der Waals surface area contributed by atoms with Gasteiger partial charge in [0.15, 0.2) is 0 Å². The van der Waals surface area contributed by atoms with Crippen LogP contribution in [0, 0.1) is 17.8 Å². The van der Waals surface area contributed by atoms with Gasteiger partial charge in [0.05, 0.1) is 0 Å². The van der Waals surface area contributed by atoms with Crippen molar-refractivity contribution >= 4 is 0 Å². The third kappa shape index (κ3) is 3.25. The van der Waals surface area contributed by atoms with E-state index in [-0.39, 0.29) is 0 Å². The molecule has 0 amide bonds. The van der Waals surface area contributed by atoms with E-state index in [1.807, 2.05) is 0 Å². The molecule has 0 radical (unpaired) electrons. The van der Waals surface area contributed by atoms with Crippen molar-refractivity contribution in [1.29, 1.82) is 0 Å². The Hall–Kier alpha value is 0. The van der Waals surface area contributed by atoms with Gasteiger partial charge in [0, 0.05) is 0 Å². The zero-order valence-corrected chi connectivity index (χ0v) is 11.2. The Balaban J connectivity index is 1.86. The monoisotopic (exact) mass is 222 g/mol. The van der Waals surface area contributed by atoms with E-state index in [1.165, 1.54) is 51.4 Å². The van der Waals surface area contributed by atoms with Gasteiger partial charge in [-0.2, -0.15) is 0 Å². The highest BCUT2D eigenvalue weighted by molar-refractivity contribution is 4.82. The van der Waals surface area contributed by atoms with Crippen molar-refractivity contribution < 1.29 is 0 Å². The fourth-order valence-corrected chi connectivity index (χ4v) is 4.24. The van der Waals surface area contributed by atoms with Crippen LogP contribution in [0.15, 0.2) is 0 Å². The Morgan fingerprint density at radius 2 is 1.50 bits per heavy atom. The van der Waals surface area contributed by atoms with E-state index >= 15 is 0 Å². The summed E-state index contributed by atoms with van der Waals surface area (Å²) in [5.41, 5.74) is 0. The first-order valence-corrected chi connectivity index (χ1v) is 7.92. The molecule has 2 fully saturated rings. The van der Waals surface area contributed by atoms with E-state index in [4.69, 9.17) is 0 Å². The first-order valence-electron chi connectivity index (χ1n) is 7.92. The van der Waals surface area contributed by atoms with Crippen molar-refractivity contribution in [3.63, 3.8) is 0 Å². The minimum atomic E-state index is 1.11. The van der Waals surface area contributed by atoms with Gasteiger partial charge in [-0.1, -0.05) is 77.6 Å². The lowest BCUT2D eigenvalue weighted by Gasteiger charge is -2.39. The van der Waals surface area contributed by atoms with Crippen LogP contribution in [0.5, 0.6) is 0 Å². The molecule has 0 heteroatoms. The van der Waals surface area contributed by atoms with Crippen molar-refractivity contribution in [3.8, 4) is 0 Å². The average molecular weight is 222 g/mol. The molecule has 94 valence electrons. The Bertz CT molecular complexity index is 178. The predicted octanol–water partition coefficient (Wildman–Crippen LogP) is 5.56. The standard InChI is InChI=1S/C16H30/c1-2-3-9-14-12-7-8-13-16(14)15-10-5-4-6-11-15/h14-16H,2-13H2,1H3. The summed E-state index contributed by atoms with van der Waals surface area (Å²) in [5, 5.41) is 0. The number of rotatable bonds is 4. The normalized spacial score (nSPS) is 32.8. The molecule has 2 atom stereocenters. The second kappa shape index (κ2) is 6.67. The van der Waals surface area contributed by atoms with Crippen molar-refractivity contribution in [2.45, 2.75) is 84.0 Å². The fraction of sp³-hybridized carbons (Fsp3) is 1.00. The molecule has 0 nitrogen and oxygen atoms in total.